The molecule has 6 heterocycles. The molecular weight excluding hydrogens is 1240 g/mol. The molecule has 0 radical (unpaired) electrons. The normalized spacial score (nSPS) is 38.8. The van der Waals surface area contributed by atoms with Crippen LogP contribution in [0, 0.1) is 58.4 Å². The lowest BCUT2D eigenvalue weighted by atomic mass is 9.54. The number of nitrogens with zero attached hydrogens (tertiary/aromatic N) is 1. The molecule has 5 aromatic rings. The van der Waals surface area contributed by atoms with Crippen LogP contribution in [0.15, 0.2) is 42.6 Å². The molecular formula is C78H86N2O13S2. The van der Waals surface area contributed by atoms with Crippen molar-refractivity contribution in [3.05, 3.63) is 109 Å². The van der Waals surface area contributed by atoms with E-state index >= 15 is 4.79 Å². The number of carbonyl (C=O) groups is 2. The second-order valence-corrected chi connectivity index (χ2v) is 34.5. The number of phenolic OH excluding ortho intramolecular Hbond substituents is 1. The number of aliphatic hydroxyl groups is 5. The highest BCUT2D eigenvalue weighted by Crippen LogP contribution is 2.73. The summed E-state index contributed by atoms with van der Waals surface area (Å²) in [6.07, 6.45) is 23.9. The number of methoxy groups -OCH3 is 1. The van der Waals surface area contributed by atoms with Gasteiger partial charge in [-0.25, -0.2) is 0 Å². The van der Waals surface area contributed by atoms with Crippen LogP contribution in [0.1, 0.15) is 198 Å². The lowest BCUT2D eigenvalue weighted by Crippen LogP contribution is -2.70. The largest absolute Gasteiger partial charge is 0.506 e. The Balaban J connectivity index is 0.830. The van der Waals surface area contributed by atoms with E-state index in [1.54, 1.807) is 24.1 Å². The Morgan fingerprint density at radius 2 is 1.78 bits per heavy atom. The fourth-order valence-electron chi connectivity index (χ4n) is 23.6. The summed E-state index contributed by atoms with van der Waals surface area (Å²) in [4.78, 5) is 35.7. The SMILES string of the molecule is COc1c2c3c4c(O)c(c5c6c4c1CCC6=C[C@@H]1CCC[C@@H]51)C(=O)CN1Cc4c(cccc4C1=O)CC#CO[C@H]1[C@H](O)[C@@H](CO[C@@H](c4c[nH]c5cc6c7c(c45)C[C@@]4(C[C@H]5C[C@@H]8CCC[C@]8(O)C[C@@]75CC6)C[C@]56CC[C@H](C5)[C@@H](CCO)CSSC[C@H]4C6)/C=C/2)O[C@H](O3)[C@@]1(O)CO. The van der Waals surface area contributed by atoms with E-state index in [4.69, 9.17) is 23.7 Å². The highest BCUT2D eigenvalue weighted by atomic mass is 33.1. The number of ketones is 1. The molecule has 2 saturated heterocycles. The van der Waals surface area contributed by atoms with E-state index in [-0.39, 0.29) is 89.2 Å². The van der Waals surface area contributed by atoms with Crippen molar-refractivity contribution >= 4 is 66.6 Å². The summed E-state index contributed by atoms with van der Waals surface area (Å²) in [5.41, 5.74) is 9.06. The number of hydrogen-bond acceptors (Lipinski definition) is 15. The third-order valence-corrected chi connectivity index (χ3v) is 30.2. The van der Waals surface area contributed by atoms with Crippen molar-refractivity contribution in [2.75, 3.05) is 45.0 Å². The molecule has 7 fully saturated rings. The number of hydrogen-bond donors (Lipinski definition) is 7. The minimum Gasteiger partial charge on any atom is -0.506 e. The Labute approximate surface area is 561 Å². The fourth-order valence-corrected chi connectivity index (χ4v) is 26.7. The first-order chi connectivity index (χ1) is 46.2. The Hall–Kier alpha value is -5.52. The van der Waals surface area contributed by atoms with Crippen molar-refractivity contribution in [1.29, 1.82) is 0 Å². The Kier molecular flexibility index (Phi) is 14.0. The number of H-pyrrole nitrogens is 1. The molecule has 17 heteroatoms. The number of amides is 1. The van der Waals surface area contributed by atoms with Gasteiger partial charge in [-0.1, -0.05) is 64.6 Å². The van der Waals surface area contributed by atoms with E-state index in [9.17, 15) is 35.4 Å². The summed E-state index contributed by atoms with van der Waals surface area (Å²) in [6.45, 7) is -1.13. The van der Waals surface area contributed by atoms with Crippen molar-refractivity contribution in [2.24, 2.45) is 46.3 Å². The molecule has 1 amide bonds. The highest BCUT2D eigenvalue weighted by Gasteiger charge is 2.66. The van der Waals surface area contributed by atoms with Gasteiger partial charge in [0.2, 0.25) is 6.29 Å². The predicted molar refractivity (Wildman–Crippen MR) is 362 cm³/mol. The van der Waals surface area contributed by atoms with Gasteiger partial charge in [0, 0.05) is 75.7 Å². The zero-order valence-corrected chi connectivity index (χ0v) is 55.8. The first-order valence-corrected chi connectivity index (χ1v) is 38.3. The lowest BCUT2D eigenvalue weighted by Gasteiger charge is -2.52. The van der Waals surface area contributed by atoms with E-state index in [2.05, 4.69) is 46.1 Å². The van der Waals surface area contributed by atoms with Crippen molar-refractivity contribution < 1.29 is 63.9 Å². The molecule has 3 spiro atoms. The molecule has 95 heavy (non-hydrogen) atoms. The maximum atomic E-state index is 15.8. The second kappa shape index (κ2) is 22.0. The van der Waals surface area contributed by atoms with Gasteiger partial charge in [0.25, 0.3) is 5.91 Å². The summed E-state index contributed by atoms with van der Waals surface area (Å²) < 4.78 is 34.5. The minimum atomic E-state index is -2.50. The maximum Gasteiger partial charge on any atom is 0.254 e. The molecule has 4 aromatic carbocycles. The lowest BCUT2D eigenvalue weighted by molar-refractivity contribution is -0.328. The van der Waals surface area contributed by atoms with Gasteiger partial charge in [-0.2, -0.15) is 0 Å². The topological polar surface area (TPSA) is 221 Å². The van der Waals surface area contributed by atoms with Gasteiger partial charge in [-0.3, -0.25) is 9.59 Å². The quantitative estimate of drug-likeness (QED) is 0.0643. The van der Waals surface area contributed by atoms with Crippen molar-refractivity contribution in [1.82, 2.24) is 9.88 Å². The van der Waals surface area contributed by atoms with Gasteiger partial charge in [-0.15, -0.1) is 0 Å². The van der Waals surface area contributed by atoms with Gasteiger partial charge in [0.15, 0.2) is 17.5 Å². The van der Waals surface area contributed by atoms with Crippen LogP contribution in [0.5, 0.6) is 17.2 Å². The summed E-state index contributed by atoms with van der Waals surface area (Å²) in [5.74, 6) is 7.21. The molecule has 5 saturated carbocycles. The number of phenols is 1. The van der Waals surface area contributed by atoms with Gasteiger partial charge in [-0.05, 0) is 231 Å². The number of allylic oxidation sites excluding steroid dienone is 2. The molecule has 7 N–H and O–H groups in total. The molecule has 0 unspecified atom stereocenters. The van der Waals surface area contributed by atoms with Crippen LogP contribution < -0.4 is 9.47 Å². The third kappa shape index (κ3) is 8.72. The van der Waals surface area contributed by atoms with E-state index < -0.39 is 54.3 Å². The van der Waals surface area contributed by atoms with E-state index in [1.807, 2.05) is 29.0 Å². The number of benzene rings is 4. The molecule has 17 atom stereocenters. The summed E-state index contributed by atoms with van der Waals surface area (Å²) in [6, 6.07) is 7.85. The average molecular weight is 1320 g/mol. The fraction of sp³-hybridized carbons (Fsp3) is 0.590. The number of aromatic amines is 1. The number of aliphatic hydroxyl groups excluding tert-OH is 3. The molecule has 19 rings (SSSR count). The zero-order chi connectivity index (χ0) is 64.2. The van der Waals surface area contributed by atoms with Crippen LogP contribution >= 0.6 is 21.6 Å². The third-order valence-electron chi connectivity index (χ3n) is 27.6. The number of aromatic hydroxyl groups is 1. The molecule has 11 bridgehead atoms. The predicted octanol–water partition coefficient (Wildman–Crippen LogP) is 11.6. The first kappa shape index (κ1) is 60.6. The number of rotatable bonds is 5. The smallest absolute Gasteiger partial charge is 0.254 e. The Morgan fingerprint density at radius 1 is 0.884 bits per heavy atom. The Morgan fingerprint density at radius 3 is 2.65 bits per heavy atom. The van der Waals surface area contributed by atoms with E-state index in [0.717, 1.165) is 145 Å². The van der Waals surface area contributed by atoms with Gasteiger partial charge in [0.1, 0.15) is 41.7 Å². The molecule has 9 aliphatic carbocycles. The summed E-state index contributed by atoms with van der Waals surface area (Å²) >= 11 is 0. The van der Waals surface area contributed by atoms with Crippen LogP contribution in [-0.2, 0) is 51.9 Å². The van der Waals surface area contributed by atoms with Crippen LogP contribution in [0.25, 0.3) is 33.3 Å². The molecule has 15 nitrogen and oxygen atoms in total. The van der Waals surface area contributed by atoms with Crippen LogP contribution in [0.2, 0.25) is 0 Å². The monoisotopic (exact) mass is 1320 g/mol. The first-order valence-electron chi connectivity index (χ1n) is 35.8. The van der Waals surface area contributed by atoms with Crippen molar-refractivity contribution in [3.63, 3.8) is 0 Å². The minimum absolute atomic E-state index is 0.00341. The Bertz CT molecular complexity index is 4260. The van der Waals surface area contributed by atoms with Crippen molar-refractivity contribution in [3.8, 4) is 29.3 Å². The number of carbonyl (C=O) groups excluding carboxylic acids is 2. The number of nitrogens with one attached hydrogen (secondary N) is 1. The highest BCUT2D eigenvalue weighted by molar-refractivity contribution is 8.76. The number of aromatic nitrogens is 1. The molecule has 1 aromatic heterocycles. The van der Waals surface area contributed by atoms with E-state index in [0.29, 0.717) is 64.7 Å². The summed E-state index contributed by atoms with van der Waals surface area (Å²) in [7, 11) is 5.74. The molecule has 14 aliphatic rings. The number of Topliss-reactive ketones (excluding diaryl/α,β-unsaturated/α-hetero) is 1. The van der Waals surface area contributed by atoms with Gasteiger partial charge >= 0.3 is 0 Å². The molecule has 498 valence electrons. The average Bonchev–Trinajstić information content (AvgIpc) is 1.63. The standard InChI is InChI=1S/C78H86N2O13S2/c1-89-69-51-13-12-42-24-41-7-3-10-49(41)62-60(42)63(51)65-68(85)64(62)57(83)33-80-32-55-40(6-2-11-50(55)72(80)86)8-5-23-90-71-67(84)59-34-91-58(15-14-52(69)70(65)93-73(92-59)78(71,88)39-82)54-31-79-56-25-43-17-21-76-38-77(87)19-4-9-46(77)26-47(76)29-75(30-53(61(54)56)66(43)76)37-74-20-16-44(27-74)45(18-22-81)35-94-95-36-48(75)28-74/h2,6,11,14-15,24-25,31,41,44-49,58-59,67,71,73,79,81-82,84-85,87-88H,3-4,7-10,12-13,16-22,26-30,32-39H2,1H3/b15-14+/t41-,44+,45-,46-,47+,48+,49+,58+,59+,67+,71-,73+,74+,75-,76+,77-,78+/m0/s1. The van der Waals surface area contributed by atoms with E-state index in [1.165, 1.54) is 48.8 Å². The van der Waals surface area contributed by atoms with Crippen LogP contribution in [0.3, 0.4) is 0 Å². The number of ether oxygens (including phenoxy) is 5. The zero-order valence-electron chi connectivity index (χ0n) is 54.2. The number of fused-ring (bicyclic) bond motifs is 13. The second-order valence-electron chi connectivity index (χ2n) is 32.0. The van der Waals surface area contributed by atoms with Crippen molar-refractivity contribution in [2.45, 2.75) is 195 Å². The van der Waals surface area contributed by atoms with Gasteiger partial charge < -0.3 is 64.2 Å². The van der Waals surface area contributed by atoms with Crippen LogP contribution in [-0.4, -0.2) is 133 Å². The van der Waals surface area contributed by atoms with Crippen LogP contribution in [0.4, 0.5) is 0 Å². The maximum absolute atomic E-state index is 15.8. The van der Waals surface area contributed by atoms with Gasteiger partial charge in [0.05, 0.1) is 49.0 Å². The number of aryl methyl sites for hydroxylation is 2. The molecule has 5 aliphatic heterocycles. The summed E-state index contributed by atoms with van der Waals surface area (Å²) in [5, 5.41) is 76.7.